The van der Waals surface area contributed by atoms with Gasteiger partial charge in [-0.3, -0.25) is 0 Å². The fourth-order valence-corrected chi connectivity index (χ4v) is 3.27. The van der Waals surface area contributed by atoms with Gasteiger partial charge in [0.15, 0.2) is 0 Å². The second-order valence-electron chi connectivity index (χ2n) is 4.69. The minimum atomic E-state index is -4.11. The van der Waals surface area contributed by atoms with Crippen molar-refractivity contribution in [1.82, 2.24) is 0 Å². The zero-order valence-electron chi connectivity index (χ0n) is 10.6. The first-order valence-corrected chi connectivity index (χ1v) is 8.50. The monoisotopic (exact) mass is 307 g/mol. The Morgan fingerprint density at radius 2 is 1.47 bits per heavy atom. The molecule has 7 nitrogen and oxygen atoms in total. The van der Waals surface area contributed by atoms with Crippen LogP contribution in [0, 0.1) is 5.92 Å². The molecule has 0 aliphatic rings. The number of anilines is 1. The smallest absolute Gasteiger partial charge is 0.240 e. The van der Waals surface area contributed by atoms with E-state index in [4.69, 9.17) is 16.0 Å². The zero-order chi connectivity index (χ0) is 15.0. The maximum absolute atomic E-state index is 11.5. The molecule has 0 heterocycles. The van der Waals surface area contributed by atoms with Gasteiger partial charge in [-0.05, 0) is 30.0 Å². The van der Waals surface area contributed by atoms with Crippen LogP contribution in [-0.2, 0) is 26.5 Å². The van der Waals surface area contributed by atoms with E-state index >= 15 is 0 Å². The molecule has 0 aromatic heterocycles. The van der Waals surface area contributed by atoms with Gasteiger partial charge < -0.3 is 5.73 Å². The number of hydrogen-bond acceptors (Lipinski definition) is 5. The zero-order valence-corrected chi connectivity index (χ0v) is 12.3. The summed E-state index contributed by atoms with van der Waals surface area (Å²) in [6.45, 7) is 3.77. The number of nitrogens with two attached hydrogens (primary N) is 3. The lowest BCUT2D eigenvalue weighted by atomic mass is 10.0. The summed E-state index contributed by atoms with van der Waals surface area (Å²) in [5.41, 5.74) is 5.89. The third kappa shape index (κ3) is 3.90. The molecule has 0 radical (unpaired) electrons. The molecule has 1 aromatic rings. The van der Waals surface area contributed by atoms with Gasteiger partial charge in [0.2, 0.25) is 20.0 Å². The number of sulfonamides is 2. The van der Waals surface area contributed by atoms with E-state index in [1.54, 1.807) is 0 Å². The minimum absolute atomic E-state index is 0.0921. The molecular weight excluding hydrogens is 290 g/mol. The normalized spacial score (nSPS) is 12.9. The number of primary sulfonamides is 2. The third-order valence-electron chi connectivity index (χ3n) is 2.43. The molecule has 0 aliphatic heterocycles. The largest absolute Gasteiger partial charge is 0.398 e. The molecule has 108 valence electrons. The Bertz CT molecular complexity index is 694. The van der Waals surface area contributed by atoms with Crippen LogP contribution in [0.15, 0.2) is 21.9 Å². The van der Waals surface area contributed by atoms with E-state index in [-0.39, 0.29) is 16.5 Å². The summed E-state index contributed by atoms with van der Waals surface area (Å²) in [4.78, 5) is -0.705. The molecule has 19 heavy (non-hydrogen) atoms. The topological polar surface area (TPSA) is 146 Å². The molecule has 9 heteroatoms. The number of rotatable bonds is 4. The van der Waals surface area contributed by atoms with Crippen molar-refractivity contribution in [3.63, 3.8) is 0 Å². The maximum Gasteiger partial charge on any atom is 0.240 e. The summed E-state index contributed by atoms with van der Waals surface area (Å²) < 4.78 is 45.7. The van der Waals surface area contributed by atoms with Crippen molar-refractivity contribution in [3.05, 3.63) is 17.7 Å². The van der Waals surface area contributed by atoms with Crippen LogP contribution >= 0.6 is 0 Å². The van der Waals surface area contributed by atoms with E-state index < -0.39 is 24.9 Å². The molecule has 0 atom stereocenters. The van der Waals surface area contributed by atoms with Crippen LogP contribution in [0.4, 0.5) is 5.69 Å². The van der Waals surface area contributed by atoms with Gasteiger partial charge in [0.25, 0.3) is 0 Å². The van der Waals surface area contributed by atoms with Crippen LogP contribution in [0.1, 0.15) is 19.4 Å². The molecule has 0 saturated heterocycles. The lowest BCUT2D eigenvalue weighted by Crippen LogP contribution is -2.20. The molecule has 1 rings (SSSR count). The highest BCUT2D eigenvalue weighted by atomic mass is 32.2. The maximum atomic E-state index is 11.5. The van der Waals surface area contributed by atoms with E-state index in [2.05, 4.69) is 0 Å². The predicted molar refractivity (Wildman–Crippen MR) is 72.1 cm³/mol. The minimum Gasteiger partial charge on any atom is -0.398 e. The fourth-order valence-electron chi connectivity index (χ4n) is 1.74. The molecule has 0 bridgehead atoms. The van der Waals surface area contributed by atoms with Crippen molar-refractivity contribution in [1.29, 1.82) is 0 Å². The Balaban J connectivity index is 3.65. The first kappa shape index (κ1) is 15.9. The average Bonchev–Trinajstić information content (AvgIpc) is 2.11. The molecule has 0 saturated carbocycles. The molecule has 0 aliphatic carbocycles. The molecule has 6 N–H and O–H groups in total. The van der Waals surface area contributed by atoms with Gasteiger partial charge in [-0.25, -0.2) is 27.1 Å². The van der Waals surface area contributed by atoms with Gasteiger partial charge in [-0.2, -0.15) is 0 Å². The standard InChI is InChI=1S/C10H17N3O4S2/c1-6(2)3-7-4-8(11)10(19(13,16)17)5-9(7)18(12,14)15/h4-6H,3,11H2,1-2H3,(H2,12,14,15)(H2,13,16,17). The van der Waals surface area contributed by atoms with Crippen molar-refractivity contribution >= 4 is 25.7 Å². The number of benzene rings is 1. The van der Waals surface area contributed by atoms with Gasteiger partial charge in [0.05, 0.1) is 10.6 Å². The molecule has 0 amide bonds. The number of hydrogen-bond donors (Lipinski definition) is 3. The first-order chi connectivity index (χ1) is 8.43. The van der Waals surface area contributed by atoms with E-state index in [0.29, 0.717) is 12.0 Å². The Kier molecular flexibility index (Phi) is 4.25. The van der Waals surface area contributed by atoms with E-state index in [1.165, 1.54) is 6.07 Å². The average molecular weight is 307 g/mol. The Hall–Kier alpha value is -1.16. The van der Waals surface area contributed by atoms with Crippen LogP contribution in [-0.4, -0.2) is 16.8 Å². The van der Waals surface area contributed by atoms with Crippen LogP contribution < -0.4 is 16.0 Å². The van der Waals surface area contributed by atoms with Crippen molar-refractivity contribution in [2.24, 2.45) is 16.2 Å². The van der Waals surface area contributed by atoms with Gasteiger partial charge in [-0.15, -0.1) is 0 Å². The highest BCUT2D eigenvalue weighted by molar-refractivity contribution is 7.90. The lowest BCUT2D eigenvalue weighted by molar-refractivity contribution is 0.591. The van der Waals surface area contributed by atoms with Gasteiger partial charge >= 0.3 is 0 Å². The van der Waals surface area contributed by atoms with Crippen LogP contribution in [0.2, 0.25) is 0 Å². The van der Waals surface area contributed by atoms with Crippen molar-refractivity contribution < 1.29 is 16.8 Å². The Morgan fingerprint density at radius 3 is 1.84 bits per heavy atom. The van der Waals surface area contributed by atoms with Crippen molar-refractivity contribution in [3.8, 4) is 0 Å². The van der Waals surface area contributed by atoms with Crippen LogP contribution in [0.3, 0.4) is 0 Å². The van der Waals surface area contributed by atoms with Gasteiger partial charge in [-0.1, -0.05) is 13.8 Å². The van der Waals surface area contributed by atoms with Crippen LogP contribution in [0.5, 0.6) is 0 Å². The molecule has 0 unspecified atom stereocenters. The summed E-state index contributed by atoms with van der Waals surface area (Å²) >= 11 is 0. The second kappa shape index (κ2) is 5.08. The fraction of sp³-hybridized carbons (Fsp3) is 0.400. The molecule has 1 aromatic carbocycles. The summed E-state index contributed by atoms with van der Waals surface area (Å²) in [5.74, 6) is 0.153. The van der Waals surface area contributed by atoms with E-state index in [9.17, 15) is 16.8 Å². The first-order valence-electron chi connectivity index (χ1n) is 5.41. The summed E-state index contributed by atoms with van der Waals surface area (Å²) in [5, 5.41) is 10.1. The molecule has 0 spiro atoms. The van der Waals surface area contributed by atoms with Gasteiger partial charge in [0, 0.05) is 0 Å². The highest BCUT2D eigenvalue weighted by Crippen LogP contribution is 2.27. The third-order valence-corrected chi connectivity index (χ3v) is 4.39. The molecular formula is C10H17N3O4S2. The summed E-state index contributed by atoms with van der Waals surface area (Å²) in [6, 6.07) is 2.21. The lowest BCUT2D eigenvalue weighted by Gasteiger charge is -2.13. The summed E-state index contributed by atoms with van der Waals surface area (Å²) in [7, 11) is -8.16. The SMILES string of the molecule is CC(C)Cc1cc(N)c(S(N)(=O)=O)cc1S(N)(=O)=O. The van der Waals surface area contributed by atoms with E-state index in [1.807, 2.05) is 13.8 Å². The van der Waals surface area contributed by atoms with Gasteiger partial charge in [0.1, 0.15) is 4.90 Å². The van der Waals surface area contributed by atoms with Crippen molar-refractivity contribution in [2.45, 2.75) is 30.1 Å². The highest BCUT2D eigenvalue weighted by Gasteiger charge is 2.21. The van der Waals surface area contributed by atoms with Crippen molar-refractivity contribution in [2.75, 3.05) is 5.73 Å². The summed E-state index contributed by atoms with van der Waals surface area (Å²) in [6.07, 6.45) is 0.404. The second-order valence-corrected chi connectivity index (χ2v) is 7.75. The quantitative estimate of drug-likeness (QED) is 0.657. The predicted octanol–water partition coefficient (Wildman–Crippen LogP) is -0.238. The van der Waals surface area contributed by atoms with E-state index in [0.717, 1.165) is 6.07 Å². The Labute approximate surface area is 112 Å². The Morgan fingerprint density at radius 1 is 1.00 bits per heavy atom. The molecule has 0 fully saturated rings. The van der Waals surface area contributed by atoms with Crippen LogP contribution in [0.25, 0.3) is 0 Å². The number of nitrogen functional groups attached to an aromatic ring is 1.